The van der Waals surface area contributed by atoms with Gasteiger partial charge in [0, 0.05) is 24.8 Å². The van der Waals surface area contributed by atoms with Gasteiger partial charge in [0.15, 0.2) is 0 Å². The van der Waals surface area contributed by atoms with E-state index >= 15 is 0 Å². The zero-order valence-electron chi connectivity index (χ0n) is 11.4. The molecule has 0 bridgehead atoms. The third-order valence-corrected chi connectivity index (χ3v) is 3.95. The van der Waals surface area contributed by atoms with Crippen molar-refractivity contribution in [3.63, 3.8) is 0 Å². The van der Waals surface area contributed by atoms with Crippen LogP contribution in [-0.4, -0.2) is 44.7 Å². The van der Waals surface area contributed by atoms with Gasteiger partial charge in [0.05, 0.1) is 6.26 Å². The van der Waals surface area contributed by atoms with Crippen LogP contribution < -0.4 is 10.0 Å². The smallest absolute Gasteiger partial charge is 0.321 e. The van der Waals surface area contributed by atoms with Gasteiger partial charge in [0.25, 0.3) is 0 Å². The molecule has 0 unspecified atom stereocenters. The second-order valence-electron chi connectivity index (χ2n) is 4.95. The summed E-state index contributed by atoms with van der Waals surface area (Å²) < 4.78 is 24.9. The van der Waals surface area contributed by atoms with E-state index in [0.29, 0.717) is 25.9 Å². The predicted octanol–water partition coefficient (Wildman–Crippen LogP) is 1.23. The van der Waals surface area contributed by atoms with Gasteiger partial charge in [-0.1, -0.05) is 18.2 Å². The number of hydrogen-bond donors (Lipinski definition) is 2. The van der Waals surface area contributed by atoms with Gasteiger partial charge in [-0.25, -0.2) is 17.9 Å². The Bertz CT molecular complexity index is 551. The molecule has 1 saturated heterocycles. The summed E-state index contributed by atoms with van der Waals surface area (Å²) in [7, 11) is -3.18. The number of nitrogens with one attached hydrogen (secondary N) is 2. The van der Waals surface area contributed by atoms with Crippen LogP contribution in [0.3, 0.4) is 0 Å². The highest BCUT2D eigenvalue weighted by molar-refractivity contribution is 7.88. The van der Waals surface area contributed by atoms with Crippen LogP contribution in [0, 0.1) is 0 Å². The molecule has 0 atom stereocenters. The Morgan fingerprint density at radius 1 is 1.20 bits per heavy atom. The number of urea groups is 1. The number of likely N-dealkylation sites (tertiary alicyclic amines) is 1. The Morgan fingerprint density at radius 3 is 2.35 bits per heavy atom. The van der Waals surface area contributed by atoms with Crippen LogP contribution in [0.25, 0.3) is 0 Å². The second kappa shape index (κ2) is 6.23. The number of carbonyl (C=O) groups is 1. The lowest BCUT2D eigenvalue weighted by atomic mass is 10.1. The molecular formula is C13H19N3O3S. The van der Waals surface area contributed by atoms with E-state index in [4.69, 9.17) is 0 Å². The van der Waals surface area contributed by atoms with Crippen molar-refractivity contribution in [2.24, 2.45) is 0 Å². The summed E-state index contributed by atoms with van der Waals surface area (Å²) in [5, 5.41) is 2.82. The van der Waals surface area contributed by atoms with Crippen LogP contribution in [-0.2, 0) is 10.0 Å². The van der Waals surface area contributed by atoms with Crippen molar-refractivity contribution in [3.8, 4) is 0 Å². The summed E-state index contributed by atoms with van der Waals surface area (Å²) in [6.45, 7) is 1.09. The molecule has 2 amide bonds. The van der Waals surface area contributed by atoms with Gasteiger partial charge in [-0.2, -0.15) is 0 Å². The number of anilines is 1. The number of para-hydroxylation sites is 1. The van der Waals surface area contributed by atoms with E-state index in [0.717, 1.165) is 11.9 Å². The molecule has 0 radical (unpaired) electrons. The maximum absolute atomic E-state index is 12.0. The maximum Gasteiger partial charge on any atom is 0.321 e. The Morgan fingerprint density at radius 2 is 1.80 bits per heavy atom. The maximum atomic E-state index is 12.0. The van der Waals surface area contributed by atoms with Crippen LogP contribution >= 0.6 is 0 Å². The van der Waals surface area contributed by atoms with Crippen LogP contribution in [0.2, 0.25) is 0 Å². The minimum atomic E-state index is -3.18. The van der Waals surface area contributed by atoms with Crippen molar-refractivity contribution < 1.29 is 13.2 Å². The summed E-state index contributed by atoms with van der Waals surface area (Å²) in [4.78, 5) is 13.7. The summed E-state index contributed by atoms with van der Waals surface area (Å²) in [5.74, 6) is 0. The lowest BCUT2D eigenvalue weighted by Crippen LogP contribution is -2.47. The van der Waals surface area contributed by atoms with Crippen LogP contribution in [0.15, 0.2) is 30.3 Å². The molecule has 6 nitrogen and oxygen atoms in total. The summed E-state index contributed by atoms with van der Waals surface area (Å²) in [6.07, 6.45) is 2.42. The van der Waals surface area contributed by atoms with Gasteiger partial charge >= 0.3 is 6.03 Å². The van der Waals surface area contributed by atoms with Gasteiger partial charge in [-0.3, -0.25) is 0 Å². The minimum Gasteiger partial charge on any atom is -0.324 e. The number of piperidine rings is 1. The van der Waals surface area contributed by atoms with E-state index in [1.54, 1.807) is 4.90 Å². The van der Waals surface area contributed by atoms with Crippen LogP contribution in [0.5, 0.6) is 0 Å². The molecule has 0 spiro atoms. The highest BCUT2D eigenvalue weighted by Gasteiger charge is 2.24. The lowest BCUT2D eigenvalue weighted by Gasteiger charge is -2.31. The number of hydrogen-bond acceptors (Lipinski definition) is 3. The summed E-state index contributed by atoms with van der Waals surface area (Å²) in [5.41, 5.74) is 0.758. The Hall–Kier alpha value is -1.60. The normalized spacial score (nSPS) is 16.9. The minimum absolute atomic E-state index is 0.0780. The van der Waals surface area contributed by atoms with Crippen molar-refractivity contribution in [1.82, 2.24) is 9.62 Å². The van der Waals surface area contributed by atoms with Gasteiger partial charge in [-0.05, 0) is 25.0 Å². The molecule has 0 saturated carbocycles. The Kier molecular flexibility index (Phi) is 4.61. The number of carbonyl (C=O) groups excluding carboxylic acids is 1. The molecular weight excluding hydrogens is 278 g/mol. The average molecular weight is 297 g/mol. The molecule has 1 heterocycles. The summed E-state index contributed by atoms with van der Waals surface area (Å²) >= 11 is 0. The topological polar surface area (TPSA) is 78.5 Å². The third kappa shape index (κ3) is 4.50. The molecule has 1 aliphatic rings. The quantitative estimate of drug-likeness (QED) is 0.881. The number of nitrogens with zero attached hydrogens (tertiary/aromatic N) is 1. The first-order chi connectivity index (χ1) is 9.44. The van der Waals surface area contributed by atoms with E-state index in [-0.39, 0.29) is 12.1 Å². The monoisotopic (exact) mass is 297 g/mol. The van der Waals surface area contributed by atoms with E-state index < -0.39 is 10.0 Å². The van der Waals surface area contributed by atoms with Crippen molar-refractivity contribution in [3.05, 3.63) is 30.3 Å². The third-order valence-electron chi connectivity index (χ3n) is 3.19. The number of benzene rings is 1. The second-order valence-corrected chi connectivity index (χ2v) is 6.73. The van der Waals surface area contributed by atoms with Crippen molar-refractivity contribution in [2.45, 2.75) is 18.9 Å². The fourth-order valence-electron chi connectivity index (χ4n) is 2.23. The molecule has 2 N–H and O–H groups in total. The van der Waals surface area contributed by atoms with Gasteiger partial charge in [-0.15, -0.1) is 0 Å². The Balaban J connectivity index is 1.83. The highest BCUT2D eigenvalue weighted by atomic mass is 32.2. The molecule has 20 heavy (non-hydrogen) atoms. The number of rotatable bonds is 3. The number of sulfonamides is 1. The molecule has 1 aromatic carbocycles. The first-order valence-electron chi connectivity index (χ1n) is 6.52. The fraction of sp³-hybridized carbons (Fsp3) is 0.462. The van der Waals surface area contributed by atoms with Crippen LogP contribution in [0.4, 0.5) is 10.5 Å². The number of amides is 2. The first-order valence-corrected chi connectivity index (χ1v) is 8.41. The van der Waals surface area contributed by atoms with E-state index in [2.05, 4.69) is 10.0 Å². The molecule has 1 aliphatic heterocycles. The molecule has 7 heteroatoms. The summed E-state index contributed by atoms with van der Waals surface area (Å²) in [6, 6.07) is 9.04. The van der Waals surface area contributed by atoms with Crippen molar-refractivity contribution in [1.29, 1.82) is 0 Å². The van der Waals surface area contributed by atoms with Gasteiger partial charge in [0.1, 0.15) is 0 Å². The van der Waals surface area contributed by atoms with E-state index in [9.17, 15) is 13.2 Å². The zero-order valence-corrected chi connectivity index (χ0v) is 12.2. The average Bonchev–Trinajstić information content (AvgIpc) is 2.39. The molecule has 1 fully saturated rings. The zero-order chi connectivity index (χ0) is 14.6. The van der Waals surface area contributed by atoms with Crippen molar-refractivity contribution in [2.75, 3.05) is 24.7 Å². The van der Waals surface area contributed by atoms with Crippen molar-refractivity contribution >= 4 is 21.7 Å². The van der Waals surface area contributed by atoms with Crippen LogP contribution in [0.1, 0.15) is 12.8 Å². The van der Waals surface area contributed by atoms with E-state index in [1.807, 2.05) is 30.3 Å². The predicted molar refractivity (Wildman–Crippen MR) is 78.0 cm³/mol. The molecule has 0 aliphatic carbocycles. The fourth-order valence-corrected chi connectivity index (χ4v) is 3.07. The molecule has 110 valence electrons. The largest absolute Gasteiger partial charge is 0.324 e. The molecule has 0 aromatic heterocycles. The van der Waals surface area contributed by atoms with Gasteiger partial charge in [0.2, 0.25) is 10.0 Å². The molecule has 1 aromatic rings. The molecule has 2 rings (SSSR count). The SMILES string of the molecule is CS(=O)(=O)NC1CCN(C(=O)Nc2ccccc2)CC1. The van der Waals surface area contributed by atoms with E-state index in [1.165, 1.54) is 0 Å². The standard InChI is InChI=1S/C13H19N3O3S/c1-20(18,19)15-12-7-9-16(10-8-12)13(17)14-11-5-3-2-4-6-11/h2-6,12,15H,7-10H2,1H3,(H,14,17). The first kappa shape index (κ1) is 14.8. The Labute approximate surface area is 119 Å². The lowest BCUT2D eigenvalue weighted by molar-refractivity contribution is 0.193. The van der Waals surface area contributed by atoms with Gasteiger partial charge < -0.3 is 10.2 Å². The highest BCUT2D eigenvalue weighted by Crippen LogP contribution is 2.13.